The molecule has 3 aromatic rings. The average Bonchev–Trinajstić information content (AvgIpc) is 3.55. The maximum absolute atomic E-state index is 12.6. The van der Waals surface area contributed by atoms with Gasteiger partial charge in [0.2, 0.25) is 17.7 Å². The third kappa shape index (κ3) is 4.16. The number of benzene rings is 1. The van der Waals surface area contributed by atoms with E-state index < -0.39 is 0 Å². The third-order valence-corrected chi connectivity index (χ3v) is 6.84. The Morgan fingerprint density at radius 2 is 2.00 bits per heavy atom. The van der Waals surface area contributed by atoms with Gasteiger partial charge in [0.25, 0.3) is 0 Å². The summed E-state index contributed by atoms with van der Waals surface area (Å²) in [6.07, 6.45) is 1.39. The highest BCUT2D eigenvalue weighted by Gasteiger charge is 2.29. The summed E-state index contributed by atoms with van der Waals surface area (Å²) in [6, 6.07) is 11.5. The molecule has 164 valence electrons. The largest absolute Gasteiger partial charge is 0.356 e. The number of aromatic nitrogens is 2. The van der Waals surface area contributed by atoms with Crippen molar-refractivity contribution in [1.29, 1.82) is 0 Å². The Kier molecular flexibility index (Phi) is 5.48. The molecule has 3 N–H and O–H groups in total. The normalized spacial score (nSPS) is 17.3. The van der Waals surface area contributed by atoms with E-state index in [9.17, 15) is 14.4 Å². The van der Waals surface area contributed by atoms with Crippen molar-refractivity contribution in [3.8, 4) is 0 Å². The number of nitrogens with zero attached hydrogens (tertiary/aromatic N) is 2. The number of aromatic amines is 1. The zero-order chi connectivity index (χ0) is 22.1. The summed E-state index contributed by atoms with van der Waals surface area (Å²) in [7, 11) is 0. The van der Waals surface area contributed by atoms with E-state index >= 15 is 0 Å². The third-order valence-electron chi connectivity index (χ3n) is 5.96. The quantitative estimate of drug-likeness (QED) is 0.537. The molecule has 1 aromatic carbocycles. The van der Waals surface area contributed by atoms with Crippen LogP contribution in [0.25, 0.3) is 0 Å². The van der Waals surface area contributed by atoms with Crippen LogP contribution in [-0.4, -0.2) is 39.4 Å². The molecule has 0 spiro atoms. The number of nitrogens with one attached hydrogen (secondary N) is 3. The number of carbonyl (C=O) groups excluding carboxylic acids is 3. The molecule has 32 heavy (non-hydrogen) atoms. The van der Waals surface area contributed by atoms with Gasteiger partial charge in [-0.1, -0.05) is 30.3 Å². The van der Waals surface area contributed by atoms with Gasteiger partial charge < -0.3 is 15.5 Å². The predicted octanol–water partition coefficient (Wildman–Crippen LogP) is 2.34. The fourth-order valence-corrected chi connectivity index (χ4v) is 4.93. The number of amides is 3. The van der Waals surface area contributed by atoms with E-state index in [-0.39, 0.29) is 30.1 Å². The second-order valence-corrected chi connectivity index (χ2v) is 9.17. The van der Waals surface area contributed by atoms with Gasteiger partial charge in [-0.05, 0) is 29.0 Å². The fraction of sp³-hybridized carbons (Fsp3) is 0.304. The predicted molar refractivity (Wildman–Crippen MR) is 120 cm³/mol. The highest BCUT2D eigenvalue weighted by molar-refractivity contribution is 7.10. The first-order valence-electron chi connectivity index (χ1n) is 10.6. The summed E-state index contributed by atoms with van der Waals surface area (Å²) in [6.45, 7) is 1.61. The summed E-state index contributed by atoms with van der Waals surface area (Å²) in [4.78, 5) is 39.8. The van der Waals surface area contributed by atoms with Gasteiger partial charge in [0.05, 0.1) is 37.5 Å². The van der Waals surface area contributed by atoms with Crippen LogP contribution in [0.3, 0.4) is 0 Å². The first-order chi connectivity index (χ1) is 15.6. The summed E-state index contributed by atoms with van der Waals surface area (Å²) < 4.78 is 0. The second kappa shape index (κ2) is 8.58. The van der Waals surface area contributed by atoms with Gasteiger partial charge in [-0.15, -0.1) is 11.3 Å². The molecule has 4 heterocycles. The number of rotatable bonds is 6. The van der Waals surface area contributed by atoms with Crippen molar-refractivity contribution >= 4 is 34.9 Å². The van der Waals surface area contributed by atoms with E-state index in [1.807, 2.05) is 41.8 Å². The zero-order valence-corrected chi connectivity index (χ0v) is 18.2. The molecule has 0 saturated carbocycles. The minimum absolute atomic E-state index is 0.0605. The number of hydrogen-bond acceptors (Lipinski definition) is 5. The van der Waals surface area contributed by atoms with Crippen molar-refractivity contribution in [2.45, 2.75) is 38.3 Å². The second-order valence-electron chi connectivity index (χ2n) is 8.13. The molecule has 9 heteroatoms. The standard InChI is InChI=1S/C23H23N5O3S/c29-20(10-14-3-5-15(6-4-14)17-7-8-24-23(17)31)25-22-18-12-28(13-19(18)26-27-22)21(30)11-16-2-1-9-32-16/h1-6,9,17H,7-8,10-13H2,(H,24,31)(H2,25,26,27,29). The van der Waals surface area contributed by atoms with Crippen LogP contribution in [0.1, 0.15) is 39.6 Å². The maximum Gasteiger partial charge on any atom is 0.230 e. The molecule has 1 atom stereocenters. The van der Waals surface area contributed by atoms with Crippen molar-refractivity contribution < 1.29 is 14.4 Å². The van der Waals surface area contributed by atoms with Gasteiger partial charge in [-0.3, -0.25) is 19.5 Å². The van der Waals surface area contributed by atoms with E-state index in [0.29, 0.717) is 31.9 Å². The number of thiophene rings is 1. The lowest BCUT2D eigenvalue weighted by Crippen LogP contribution is -2.27. The Morgan fingerprint density at radius 3 is 2.72 bits per heavy atom. The molecule has 0 radical (unpaired) electrons. The Balaban J connectivity index is 1.18. The van der Waals surface area contributed by atoms with Gasteiger partial charge in [-0.25, -0.2) is 0 Å². The molecule has 2 aliphatic heterocycles. The lowest BCUT2D eigenvalue weighted by atomic mass is 9.96. The van der Waals surface area contributed by atoms with E-state index in [1.54, 1.807) is 16.2 Å². The van der Waals surface area contributed by atoms with Crippen molar-refractivity contribution in [3.63, 3.8) is 0 Å². The lowest BCUT2D eigenvalue weighted by molar-refractivity contribution is -0.131. The summed E-state index contributed by atoms with van der Waals surface area (Å²) in [5.74, 6) is 0.329. The molecule has 3 amide bonds. The molecule has 2 aromatic heterocycles. The van der Waals surface area contributed by atoms with Crippen LogP contribution < -0.4 is 10.6 Å². The summed E-state index contributed by atoms with van der Waals surface area (Å²) in [5.41, 5.74) is 3.56. The van der Waals surface area contributed by atoms with Gasteiger partial charge in [0.1, 0.15) is 0 Å². The summed E-state index contributed by atoms with van der Waals surface area (Å²) >= 11 is 1.57. The lowest BCUT2D eigenvalue weighted by Gasteiger charge is -2.15. The topological polar surface area (TPSA) is 107 Å². The average molecular weight is 450 g/mol. The molecule has 8 nitrogen and oxygen atoms in total. The number of carbonyl (C=O) groups is 3. The van der Waals surface area contributed by atoms with Crippen molar-refractivity contribution in [2.24, 2.45) is 0 Å². The Hall–Kier alpha value is -3.46. The monoisotopic (exact) mass is 449 g/mol. The van der Waals surface area contributed by atoms with Crippen LogP contribution in [0, 0.1) is 0 Å². The first kappa shape index (κ1) is 20.4. The Morgan fingerprint density at radius 1 is 1.16 bits per heavy atom. The molecular weight excluding hydrogens is 426 g/mol. The van der Waals surface area contributed by atoms with Crippen LogP contribution in [0.15, 0.2) is 41.8 Å². The van der Waals surface area contributed by atoms with Crippen LogP contribution in [0.4, 0.5) is 5.82 Å². The van der Waals surface area contributed by atoms with Gasteiger partial charge >= 0.3 is 0 Å². The molecule has 1 unspecified atom stereocenters. The van der Waals surface area contributed by atoms with Gasteiger partial charge in [0, 0.05) is 17.0 Å². The minimum atomic E-state index is -0.172. The fourth-order valence-electron chi connectivity index (χ4n) is 4.24. The van der Waals surface area contributed by atoms with Gasteiger partial charge in [0.15, 0.2) is 5.82 Å². The van der Waals surface area contributed by atoms with Crippen LogP contribution in [0.5, 0.6) is 0 Å². The SMILES string of the molecule is O=C(Cc1ccc(C2CCNC2=O)cc1)Nc1n[nH]c2c1CN(C(=O)Cc1cccs1)C2. The molecule has 5 rings (SSSR count). The van der Waals surface area contributed by atoms with Crippen molar-refractivity contribution in [1.82, 2.24) is 20.4 Å². The molecule has 1 saturated heterocycles. The molecular formula is C23H23N5O3S. The smallest absolute Gasteiger partial charge is 0.230 e. The van der Waals surface area contributed by atoms with Crippen molar-refractivity contribution in [2.75, 3.05) is 11.9 Å². The number of anilines is 1. The number of H-pyrrole nitrogens is 1. The van der Waals surface area contributed by atoms with E-state index in [0.717, 1.165) is 33.7 Å². The van der Waals surface area contributed by atoms with Crippen molar-refractivity contribution in [3.05, 3.63) is 69.0 Å². The Labute approximate surface area is 189 Å². The van der Waals surface area contributed by atoms with E-state index in [2.05, 4.69) is 20.8 Å². The maximum atomic E-state index is 12.6. The van der Waals surface area contributed by atoms with Crippen LogP contribution in [-0.2, 0) is 40.3 Å². The molecule has 0 bridgehead atoms. The minimum Gasteiger partial charge on any atom is -0.356 e. The number of hydrogen-bond donors (Lipinski definition) is 3. The number of fused-ring (bicyclic) bond motifs is 1. The molecule has 1 fully saturated rings. The molecule has 0 aliphatic carbocycles. The van der Waals surface area contributed by atoms with E-state index in [1.165, 1.54) is 0 Å². The first-order valence-corrected chi connectivity index (χ1v) is 11.5. The summed E-state index contributed by atoms with van der Waals surface area (Å²) in [5, 5.41) is 14.9. The highest BCUT2D eigenvalue weighted by Crippen LogP contribution is 2.28. The highest BCUT2D eigenvalue weighted by atomic mass is 32.1. The van der Waals surface area contributed by atoms with Crippen LogP contribution in [0.2, 0.25) is 0 Å². The van der Waals surface area contributed by atoms with E-state index in [4.69, 9.17) is 0 Å². The van der Waals surface area contributed by atoms with Gasteiger partial charge in [-0.2, -0.15) is 5.10 Å². The zero-order valence-electron chi connectivity index (χ0n) is 17.4. The molecule has 2 aliphatic rings. The Bertz CT molecular complexity index is 1150. The van der Waals surface area contributed by atoms with Crippen LogP contribution >= 0.6 is 11.3 Å².